The average Bonchev–Trinajstić information content (AvgIpc) is 2.48. The molecular weight excluding hydrogens is 272 g/mol. The van der Waals surface area contributed by atoms with Crippen LogP contribution in [-0.4, -0.2) is 16.9 Å². The van der Waals surface area contributed by atoms with Crippen molar-refractivity contribution >= 4 is 23.5 Å². The molecular formula is C16H14O3S. The highest BCUT2D eigenvalue weighted by molar-refractivity contribution is 7.99. The number of carboxylic acids is 1. The fourth-order valence-corrected chi connectivity index (χ4v) is 2.53. The molecule has 0 amide bonds. The predicted molar refractivity (Wildman–Crippen MR) is 78.6 cm³/mol. The molecule has 0 aliphatic rings. The molecule has 102 valence electrons. The molecule has 4 heteroatoms. The Hall–Kier alpha value is -2.07. The highest BCUT2D eigenvalue weighted by Gasteiger charge is 2.05. The number of hydrogen-bond acceptors (Lipinski definition) is 3. The van der Waals surface area contributed by atoms with Crippen LogP contribution < -0.4 is 0 Å². The van der Waals surface area contributed by atoms with Crippen LogP contribution in [0.15, 0.2) is 58.3 Å². The Kier molecular flexibility index (Phi) is 4.58. The fraction of sp³-hybridized carbons (Fsp3) is 0.125. The van der Waals surface area contributed by atoms with E-state index in [2.05, 4.69) is 0 Å². The lowest BCUT2D eigenvalue weighted by atomic mass is 10.1. The van der Waals surface area contributed by atoms with Gasteiger partial charge in [-0.2, -0.15) is 0 Å². The van der Waals surface area contributed by atoms with Gasteiger partial charge in [-0.3, -0.25) is 4.79 Å². The molecule has 2 aromatic rings. The number of aromatic carboxylic acids is 1. The summed E-state index contributed by atoms with van der Waals surface area (Å²) in [5, 5.41) is 8.83. The van der Waals surface area contributed by atoms with Gasteiger partial charge in [0.15, 0.2) is 5.78 Å². The molecule has 0 saturated carbocycles. The number of Topliss-reactive ketones (excluding diaryl/α,β-unsaturated/α-hetero) is 1. The summed E-state index contributed by atoms with van der Waals surface area (Å²) in [7, 11) is 0. The minimum Gasteiger partial charge on any atom is -0.478 e. The molecule has 0 aromatic heterocycles. The van der Waals surface area contributed by atoms with Gasteiger partial charge in [-0.05, 0) is 36.4 Å². The fourth-order valence-electron chi connectivity index (χ4n) is 1.71. The summed E-state index contributed by atoms with van der Waals surface area (Å²) < 4.78 is 0. The molecule has 0 aliphatic carbocycles. The van der Waals surface area contributed by atoms with E-state index >= 15 is 0 Å². The van der Waals surface area contributed by atoms with Gasteiger partial charge < -0.3 is 5.11 Å². The predicted octanol–water partition coefficient (Wildman–Crippen LogP) is 4.13. The van der Waals surface area contributed by atoms with E-state index in [0.717, 1.165) is 15.4 Å². The smallest absolute Gasteiger partial charge is 0.335 e. The first-order chi connectivity index (χ1) is 9.60. The average molecular weight is 286 g/mol. The van der Waals surface area contributed by atoms with Crippen molar-refractivity contribution in [3.8, 4) is 0 Å². The maximum atomic E-state index is 11.5. The highest BCUT2D eigenvalue weighted by atomic mass is 32.2. The second kappa shape index (κ2) is 6.39. The van der Waals surface area contributed by atoms with Gasteiger partial charge in [0.25, 0.3) is 0 Å². The second-order valence-corrected chi connectivity index (χ2v) is 5.38. The van der Waals surface area contributed by atoms with E-state index < -0.39 is 5.97 Å². The molecule has 0 aliphatic heterocycles. The molecule has 0 bridgehead atoms. The van der Waals surface area contributed by atoms with E-state index in [1.54, 1.807) is 24.3 Å². The minimum absolute atomic E-state index is 0.132. The van der Waals surface area contributed by atoms with Gasteiger partial charge in [-0.15, -0.1) is 0 Å². The lowest BCUT2D eigenvalue weighted by Crippen LogP contribution is -1.95. The van der Waals surface area contributed by atoms with Crippen molar-refractivity contribution in [2.24, 2.45) is 0 Å². The number of benzene rings is 2. The first kappa shape index (κ1) is 14.3. The minimum atomic E-state index is -0.927. The Bertz CT molecular complexity index is 615. The Morgan fingerprint density at radius 3 is 1.75 bits per heavy atom. The number of rotatable bonds is 5. The van der Waals surface area contributed by atoms with Gasteiger partial charge >= 0.3 is 5.97 Å². The van der Waals surface area contributed by atoms with Crippen LogP contribution in [0.5, 0.6) is 0 Å². The van der Waals surface area contributed by atoms with Crippen molar-refractivity contribution in [3.63, 3.8) is 0 Å². The van der Waals surface area contributed by atoms with Crippen LogP contribution in [0.4, 0.5) is 0 Å². The van der Waals surface area contributed by atoms with Crippen molar-refractivity contribution in [1.29, 1.82) is 0 Å². The summed E-state index contributed by atoms with van der Waals surface area (Å²) in [5.74, 6) is -0.795. The van der Waals surface area contributed by atoms with E-state index in [1.807, 2.05) is 31.2 Å². The standard InChI is InChI=1S/C16H14O3S/c1-2-15(17)11-3-7-13(8-4-11)20-14-9-5-12(6-10-14)16(18)19/h3-10H,2H2,1H3,(H,18,19). The molecule has 2 aromatic carbocycles. The van der Waals surface area contributed by atoms with E-state index in [4.69, 9.17) is 5.11 Å². The van der Waals surface area contributed by atoms with Gasteiger partial charge in [0.1, 0.15) is 0 Å². The van der Waals surface area contributed by atoms with Crippen LogP contribution in [0.3, 0.4) is 0 Å². The number of hydrogen-bond donors (Lipinski definition) is 1. The molecule has 3 nitrogen and oxygen atoms in total. The lowest BCUT2D eigenvalue weighted by molar-refractivity contribution is 0.0696. The third-order valence-corrected chi connectivity index (χ3v) is 3.85. The third kappa shape index (κ3) is 3.48. The second-order valence-electron chi connectivity index (χ2n) is 4.23. The lowest BCUT2D eigenvalue weighted by Gasteiger charge is -2.03. The molecule has 0 saturated heterocycles. The quantitative estimate of drug-likeness (QED) is 0.840. The zero-order valence-electron chi connectivity index (χ0n) is 11.0. The highest BCUT2D eigenvalue weighted by Crippen LogP contribution is 2.28. The van der Waals surface area contributed by atoms with Crippen molar-refractivity contribution in [3.05, 3.63) is 59.7 Å². The first-order valence-electron chi connectivity index (χ1n) is 6.24. The molecule has 0 heterocycles. The SMILES string of the molecule is CCC(=O)c1ccc(Sc2ccc(C(=O)O)cc2)cc1. The summed E-state index contributed by atoms with van der Waals surface area (Å²) in [6.07, 6.45) is 0.503. The number of carbonyl (C=O) groups excluding carboxylic acids is 1. The number of carboxylic acid groups (broad SMARTS) is 1. The number of ketones is 1. The van der Waals surface area contributed by atoms with Crippen LogP contribution in [0.25, 0.3) is 0 Å². The molecule has 0 spiro atoms. The molecule has 0 fully saturated rings. The van der Waals surface area contributed by atoms with Crippen LogP contribution in [0, 0.1) is 0 Å². The van der Waals surface area contributed by atoms with Crippen molar-refractivity contribution in [2.75, 3.05) is 0 Å². The van der Waals surface area contributed by atoms with Crippen LogP contribution >= 0.6 is 11.8 Å². The van der Waals surface area contributed by atoms with Crippen molar-refractivity contribution < 1.29 is 14.7 Å². The Morgan fingerprint density at radius 1 is 0.900 bits per heavy atom. The monoisotopic (exact) mass is 286 g/mol. The number of carbonyl (C=O) groups is 2. The normalized spacial score (nSPS) is 10.2. The maximum absolute atomic E-state index is 11.5. The van der Waals surface area contributed by atoms with Gasteiger partial charge in [-0.25, -0.2) is 4.79 Å². The molecule has 1 N–H and O–H groups in total. The summed E-state index contributed by atoms with van der Waals surface area (Å²) in [5.41, 5.74) is 0.997. The zero-order chi connectivity index (χ0) is 14.5. The Morgan fingerprint density at radius 2 is 1.35 bits per heavy atom. The summed E-state index contributed by atoms with van der Waals surface area (Å²) in [6.45, 7) is 1.84. The summed E-state index contributed by atoms with van der Waals surface area (Å²) >= 11 is 1.53. The van der Waals surface area contributed by atoms with E-state index in [9.17, 15) is 9.59 Å². The molecule has 0 radical (unpaired) electrons. The maximum Gasteiger partial charge on any atom is 0.335 e. The van der Waals surface area contributed by atoms with E-state index in [-0.39, 0.29) is 11.3 Å². The molecule has 20 heavy (non-hydrogen) atoms. The Balaban J connectivity index is 2.10. The molecule has 0 unspecified atom stereocenters. The van der Waals surface area contributed by atoms with Crippen LogP contribution in [-0.2, 0) is 0 Å². The zero-order valence-corrected chi connectivity index (χ0v) is 11.8. The van der Waals surface area contributed by atoms with Gasteiger partial charge in [0.2, 0.25) is 0 Å². The summed E-state index contributed by atoms with van der Waals surface area (Å²) in [4.78, 5) is 24.3. The van der Waals surface area contributed by atoms with Gasteiger partial charge in [0.05, 0.1) is 5.56 Å². The van der Waals surface area contributed by atoms with Gasteiger partial charge in [-0.1, -0.05) is 30.8 Å². The first-order valence-corrected chi connectivity index (χ1v) is 7.06. The topological polar surface area (TPSA) is 54.4 Å². The van der Waals surface area contributed by atoms with Crippen LogP contribution in [0.1, 0.15) is 34.1 Å². The molecule has 0 atom stereocenters. The van der Waals surface area contributed by atoms with Crippen molar-refractivity contribution in [2.45, 2.75) is 23.1 Å². The van der Waals surface area contributed by atoms with E-state index in [1.165, 1.54) is 11.8 Å². The largest absolute Gasteiger partial charge is 0.478 e. The Labute approximate surface area is 121 Å². The van der Waals surface area contributed by atoms with Crippen LogP contribution in [0.2, 0.25) is 0 Å². The van der Waals surface area contributed by atoms with Crippen molar-refractivity contribution in [1.82, 2.24) is 0 Å². The third-order valence-electron chi connectivity index (χ3n) is 2.83. The van der Waals surface area contributed by atoms with E-state index in [0.29, 0.717) is 6.42 Å². The van der Waals surface area contributed by atoms with Gasteiger partial charge in [0, 0.05) is 21.8 Å². The molecule has 2 rings (SSSR count). The summed E-state index contributed by atoms with van der Waals surface area (Å²) in [6, 6.07) is 14.2.